The van der Waals surface area contributed by atoms with Crippen molar-refractivity contribution >= 4 is 33.3 Å². The number of thiophene rings is 1. The van der Waals surface area contributed by atoms with Gasteiger partial charge in [-0.2, -0.15) is 4.98 Å². The summed E-state index contributed by atoms with van der Waals surface area (Å²) in [7, 11) is 0. The van der Waals surface area contributed by atoms with Crippen LogP contribution in [0.25, 0.3) is 10.2 Å². The van der Waals surface area contributed by atoms with Crippen LogP contribution in [0.4, 0.5) is 11.8 Å². The Bertz CT molecular complexity index is 489. The van der Waals surface area contributed by atoms with Crippen molar-refractivity contribution in [2.24, 2.45) is 0 Å². The van der Waals surface area contributed by atoms with Gasteiger partial charge in [0.25, 0.3) is 0 Å². The van der Waals surface area contributed by atoms with Crippen molar-refractivity contribution in [1.29, 1.82) is 0 Å². The number of fused-ring (bicyclic) bond motifs is 1. The summed E-state index contributed by atoms with van der Waals surface area (Å²) in [4.78, 5) is 10.6. The largest absolute Gasteiger partial charge is 0.368 e. The second-order valence-corrected chi connectivity index (χ2v) is 5.04. The molecule has 4 nitrogen and oxygen atoms in total. The first-order valence-corrected chi connectivity index (χ1v) is 5.68. The van der Waals surface area contributed by atoms with Crippen LogP contribution in [-0.2, 0) is 0 Å². The molecule has 0 unspecified atom stereocenters. The molecule has 0 radical (unpaired) electrons. The molecule has 0 spiro atoms. The molecule has 0 aliphatic heterocycles. The Hall–Kier alpha value is -1.36. The van der Waals surface area contributed by atoms with E-state index in [9.17, 15) is 0 Å². The van der Waals surface area contributed by atoms with Gasteiger partial charge in [0, 0.05) is 10.9 Å². The maximum atomic E-state index is 5.65. The molecule has 0 saturated carbocycles. The zero-order valence-corrected chi connectivity index (χ0v) is 9.85. The van der Waals surface area contributed by atoms with Crippen LogP contribution in [0.15, 0.2) is 6.07 Å². The molecule has 0 aliphatic carbocycles. The standard InChI is InChI=1S/C10H14N4S/c1-5(2)12-8-7-4-6(3)15-9(7)14-10(11)13-8/h4-5H,1-3H3,(H3,11,12,13,14). The zero-order valence-electron chi connectivity index (χ0n) is 9.03. The van der Waals surface area contributed by atoms with E-state index >= 15 is 0 Å². The third-order valence-corrected chi connectivity index (χ3v) is 2.90. The van der Waals surface area contributed by atoms with E-state index in [4.69, 9.17) is 5.73 Å². The number of nitrogen functional groups attached to an aromatic ring is 1. The first-order valence-electron chi connectivity index (χ1n) is 4.86. The van der Waals surface area contributed by atoms with Crippen molar-refractivity contribution in [2.75, 3.05) is 11.1 Å². The molecule has 0 fully saturated rings. The predicted octanol–water partition coefficient (Wildman–Crippen LogP) is 2.40. The van der Waals surface area contributed by atoms with E-state index in [2.05, 4.69) is 42.1 Å². The molecule has 5 heteroatoms. The summed E-state index contributed by atoms with van der Waals surface area (Å²) >= 11 is 1.64. The number of nitrogens with two attached hydrogens (primary N) is 1. The van der Waals surface area contributed by atoms with Gasteiger partial charge in [0.2, 0.25) is 5.95 Å². The fraction of sp³-hybridized carbons (Fsp3) is 0.400. The van der Waals surface area contributed by atoms with Crippen LogP contribution in [0, 0.1) is 6.92 Å². The highest BCUT2D eigenvalue weighted by Gasteiger charge is 2.09. The minimum atomic E-state index is 0.326. The molecule has 3 N–H and O–H groups in total. The molecule has 0 aliphatic rings. The van der Waals surface area contributed by atoms with Gasteiger partial charge in [-0.15, -0.1) is 11.3 Å². The fourth-order valence-electron chi connectivity index (χ4n) is 1.44. The van der Waals surface area contributed by atoms with E-state index in [0.717, 1.165) is 16.0 Å². The number of hydrogen-bond acceptors (Lipinski definition) is 5. The molecule has 15 heavy (non-hydrogen) atoms. The molecule has 0 atom stereocenters. The monoisotopic (exact) mass is 222 g/mol. The minimum absolute atomic E-state index is 0.326. The molecule has 0 saturated heterocycles. The highest BCUT2D eigenvalue weighted by Crippen LogP contribution is 2.29. The van der Waals surface area contributed by atoms with Crippen molar-refractivity contribution in [3.63, 3.8) is 0 Å². The zero-order chi connectivity index (χ0) is 11.0. The van der Waals surface area contributed by atoms with Crippen molar-refractivity contribution < 1.29 is 0 Å². The van der Waals surface area contributed by atoms with Gasteiger partial charge in [0.1, 0.15) is 10.6 Å². The van der Waals surface area contributed by atoms with Crippen molar-refractivity contribution in [3.05, 3.63) is 10.9 Å². The maximum absolute atomic E-state index is 5.65. The van der Waals surface area contributed by atoms with Crippen LogP contribution in [0.3, 0.4) is 0 Å². The molecule has 0 bridgehead atoms. The highest BCUT2D eigenvalue weighted by molar-refractivity contribution is 7.18. The SMILES string of the molecule is Cc1cc2c(NC(C)C)nc(N)nc2s1. The third kappa shape index (κ3) is 2.02. The summed E-state index contributed by atoms with van der Waals surface area (Å²) in [6, 6.07) is 2.42. The van der Waals surface area contributed by atoms with Gasteiger partial charge in [-0.05, 0) is 26.8 Å². The van der Waals surface area contributed by atoms with Crippen molar-refractivity contribution in [2.45, 2.75) is 26.8 Å². The van der Waals surface area contributed by atoms with E-state index in [0.29, 0.717) is 12.0 Å². The van der Waals surface area contributed by atoms with Crippen LogP contribution >= 0.6 is 11.3 Å². The van der Waals surface area contributed by atoms with E-state index < -0.39 is 0 Å². The number of anilines is 2. The molecule has 2 aromatic heterocycles. The van der Waals surface area contributed by atoms with Gasteiger partial charge in [0.15, 0.2) is 0 Å². The van der Waals surface area contributed by atoms with Crippen LogP contribution in [-0.4, -0.2) is 16.0 Å². The Balaban J connectivity index is 2.59. The number of nitrogens with one attached hydrogen (secondary N) is 1. The topological polar surface area (TPSA) is 63.8 Å². The van der Waals surface area contributed by atoms with Crippen LogP contribution < -0.4 is 11.1 Å². The third-order valence-electron chi connectivity index (χ3n) is 1.96. The Labute approximate surface area is 92.5 Å². The molecule has 2 aromatic rings. The van der Waals surface area contributed by atoms with Crippen LogP contribution in [0.5, 0.6) is 0 Å². The Morgan fingerprint density at radius 3 is 2.80 bits per heavy atom. The van der Waals surface area contributed by atoms with Gasteiger partial charge < -0.3 is 11.1 Å². The lowest BCUT2D eigenvalue weighted by molar-refractivity contribution is 0.891. The Morgan fingerprint density at radius 1 is 1.40 bits per heavy atom. The average molecular weight is 222 g/mol. The van der Waals surface area contributed by atoms with Gasteiger partial charge in [-0.25, -0.2) is 4.98 Å². The Morgan fingerprint density at radius 2 is 2.13 bits per heavy atom. The molecular formula is C10H14N4S. The highest BCUT2D eigenvalue weighted by atomic mass is 32.1. The van der Waals surface area contributed by atoms with Crippen molar-refractivity contribution in [3.8, 4) is 0 Å². The van der Waals surface area contributed by atoms with Crippen molar-refractivity contribution in [1.82, 2.24) is 9.97 Å². The number of hydrogen-bond donors (Lipinski definition) is 2. The lowest BCUT2D eigenvalue weighted by atomic mass is 10.3. The summed E-state index contributed by atoms with van der Waals surface area (Å²) < 4.78 is 0. The van der Waals surface area contributed by atoms with Gasteiger partial charge >= 0.3 is 0 Å². The van der Waals surface area contributed by atoms with E-state index in [1.54, 1.807) is 11.3 Å². The quantitative estimate of drug-likeness (QED) is 0.819. The number of aromatic nitrogens is 2. The Kier molecular flexibility index (Phi) is 2.48. The molecule has 2 heterocycles. The number of rotatable bonds is 2. The second kappa shape index (κ2) is 3.66. The average Bonchev–Trinajstić information content (AvgIpc) is 2.44. The lowest BCUT2D eigenvalue weighted by Gasteiger charge is -2.09. The first-order chi connectivity index (χ1) is 7.06. The molecule has 0 aromatic carbocycles. The summed E-state index contributed by atoms with van der Waals surface area (Å²) in [6.45, 7) is 6.20. The molecule has 0 amide bonds. The minimum Gasteiger partial charge on any atom is -0.368 e. The predicted molar refractivity (Wildman–Crippen MR) is 65.3 cm³/mol. The number of aryl methyl sites for hydroxylation is 1. The smallest absolute Gasteiger partial charge is 0.223 e. The molecule has 80 valence electrons. The van der Waals surface area contributed by atoms with Gasteiger partial charge in [0.05, 0.1) is 5.39 Å². The lowest BCUT2D eigenvalue weighted by Crippen LogP contribution is -2.12. The summed E-state index contributed by atoms with van der Waals surface area (Å²) in [6.07, 6.45) is 0. The number of nitrogens with zero attached hydrogens (tertiary/aromatic N) is 2. The van der Waals surface area contributed by atoms with E-state index in [1.807, 2.05) is 0 Å². The normalized spacial score (nSPS) is 11.2. The molecule has 2 rings (SSSR count). The van der Waals surface area contributed by atoms with Gasteiger partial charge in [-0.3, -0.25) is 0 Å². The van der Waals surface area contributed by atoms with E-state index in [1.165, 1.54) is 4.88 Å². The summed E-state index contributed by atoms with van der Waals surface area (Å²) in [5, 5.41) is 4.33. The van der Waals surface area contributed by atoms with Crippen LogP contribution in [0.2, 0.25) is 0 Å². The maximum Gasteiger partial charge on any atom is 0.223 e. The first kappa shape index (κ1) is 10.2. The van der Waals surface area contributed by atoms with Crippen LogP contribution in [0.1, 0.15) is 18.7 Å². The second-order valence-electron chi connectivity index (χ2n) is 3.81. The van der Waals surface area contributed by atoms with Gasteiger partial charge in [-0.1, -0.05) is 0 Å². The van der Waals surface area contributed by atoms with E-state index in [-0.39, 0.29) is 0 Å². The summed E-state index contributed by atoms with van der Waals surface area (Å²) in [5.41, 5.74) is 5.65. The summed E-state index contributed by atoms with van der Waals surface area (Å²) in [5.74, 6) is 1.16. The molecular weight excluding hydrogens is 208 g/mol. The fourth-order valence-corrected chi connectivity index (χ4v) is 2.33.